The topological polar surface area (TPSA) is 53.4 Å². The van der Waals surface area contributed by atoms with E-state index in [9.17, 15) is 4.79 Å². The van der Waals surface area contributed by atoms with Crippen LogP contribution in [0, 0.1) is 0 Å². The van der Waals surface area contributed by atoms with Gasteiger partial charge in [0.1, 0.15) is 0 Å². The molecule has 1 aromatic rings. The van der Waals surface area contributed by atoms with Crippen LogP contribution in [0.4, 0.5) is 5.13 Å². The fourth-order valence-electron chi connectivity index (χ4n) is 1.56. The Morgan fingerprint density at radius 1 is 1.33 bits per heavy atom. The molecule has 1 heterocycles. The van der Waals surface area contributed by atoms with Gasteiger partial charge in [-0.3, -0.25) is 0 Å². The van der Waals surface area contributed by atoms with E-state index in [2.05, 4.69) is 23.7 Å². The van der Waals surface area contributed by atoms with Crippen LogP contribution in [0.5, 0.6) is 0 Å². The Morgan fingerprint density at radius 2 is 1.89 bits per heavy atom. The lowest BCUT2D eigenvalue weighted by Crippen LogP contribution is -2.25. The molecule has 0 saturated carbocycles. The van der Waals surface area contributed by atoms with Crippen LogP contribution in [-0.4, -0.2) is 29.1 Å². The second kappa shape index (κ2) is 7.59. The van der Waals surface area contributed by atoms with Gasteiger partial charge in [-0.05, 0) is 12.8 Å². The van der Waals surface area contributed by atoms with E-state index in [1.807, 2.05) is 0 Å². The first-order valence-electron chi connectivity index (χ1n) is 6.24. The molecule has 4 nitrogen and oxygen atoms in total. The van der Waals surface area contributed by atoms with Crippen molar-refractivity contribution in [1.29, 1.82) is 0 Å². The van der Waals surface area contributed by atoms with Crippen molar-refractivity contribution < 1.29 is 9.90 Å². The minimum atomic E-state index is -1.00. The zero-order chi connectivity index (χ0) is 13.5. The third-order valence-corrected chi connectivity index (χ3v) is 4.09. The highest BCUT2D eigenvalue weighted by Gasteiger charge is 2.19. The minimum Gasteiger partial charge on any atom is -0.477 e. The maximum atomic E-state index is 11.0. The number of rotatable bonds is 8. The van der Waals surface area contributed by atoms with Gasteiger partial charge in [0.15, 0.2) is 15.2 Å². The number of anilines is 1. The predicted octanol–water partition coefficient (Wildman–Crippen LogP) is 3.90. The molecule has 1 rings (SSSR count). The summed E-state index contributed by atoms with van der Waals surface area (Å²) in [4.78, 5) is 17.4. The Hall–Kier alpha value is -0.810. The summed E-state index contributed by atoms with van der Waals surface area (Å²) in [5.41, 5.74) is 0. The highest BCUT2D eigenvalue weighted by molar-refractivity contribution is 7.18. The lowest BCUT2D eigenvalue weighted by atomic mass is 10.3. The summed E-state index contributed by atoms with van der Waals surface area (Å²) in [7, 11) is 0. The SMILES string of the molecule is CCCCN(CCCC)c1nc(Cl)c(C(=O)O)s1. The smallest absolute Gasteiger partial charge is 0.349 e. The molecule has 18 heavy (non-hydrogen) atoms. The van der Waals surface area contributed by atoms with Crippen molar-refractivity contribution in [2.24, 2.45) is 0 Å². The van der Waals surface area contributed by atoms with Gasteiger partial charge in [-0.15, -0.1) is 0 Å². The monoisotopic (exact) mass is 290 g/mol. The number of hydrogen-bond acceptors (Lipinski definition) is 4. The number of halogens is 1. The molecule has 0 atom stereocenters. The number of nitrogens with zero attached hydrogens (tertiary/aromatic N) is 2. The van der Waals surface area contributed by atoms with E-state index < -0.39 is 5.97 Å². The number of carboxylic acid groups (broad SMARTS) is 1. The molecular formula is C12H19ClN2O2S. The third-order valence-electron chi connectivity index (χ3n) is 2.60. The van der Waals surface area contributed by atoms with Crippen molar-refractivity contribution in [3.8, 4) is 0 Å². The Labute approximate surface area is 117 Å². The van der Waals surface area contributed by atoms with Crippen LogP contribution < -0.4 is 4.90 Å². The third kappa shape index (κ3) is 4.14. The average molecular weight is 291 g/mol. The zero-order valence-electron chi connectivity index (χ0n) is 10.8. The summed E-state index contributed by atoms with van der Waals surface area (Å²) >= 11 is 7.00. The van der Waals surface area contributed by atoms with Crippen molar-refractivity contribution in [1.82, 2.24) is 4.98 Å². The number of carboxylic acids is 1. The molecule has 0 aromatic carbocycles. The molecule has 0 saturated heterocycles. The number of aromatic carboxylic acids is 1. The largest absolute Gasteiger partial charge is 0.477 e. The Bertz CT molecular complexity index is 387. The van der Waals surface area contributed by atoms with Crippen LogP contribution in [0.3, 0.4) is 0 Å². The highest BCUT2D eigenvalue weighted by atomic mass is 35.5. The minimum absolute atomic E-state index is 0.0977. The fourth-order valence-corrected chi connectivity index (χ4v) is 2.73. The number of hydrogen-bond donors (Lipinski definition) is 1. The summed E-state index contributed by atoms with van der Waals surface area (Å²) in [6.45, 7) is 6.07. The van der Waals surface area contributed by atoms with Gasteiger partial charge < -0.3 is 10.0 Å². The van der Waals surface area contributed by atoms with Crippen molar-refractivity contribution >= 4 is 34.0 Å². The van der Waals surface area contributed by atoms with Gasteiger partial charge in [-0.1, -0.05) is 49.6 Å². The maximum Gasteiger partial charge on any atom is 0.349 e. The van der Waals surface area contributed by atoms with Gasteiger partial charge in [0.2, 0.25) is 0 Å². The van der Waals surface area contributed by atoms with Crippen LogP contribution in [0.15, 0.2) is 0 Å². The molecule has 102 valence electrons. The van der Waals surface area contributed by atoms with E-state index in [0.717, 1.165) is 55.2 Å². The number of carbonyl (C=O) groups is 1. The summed E-state index contributed by atoms with van der Waals surface area (Å²) < 4.78 is 0. The van der Waals surface area contributed by atoms with Crippen molar-refractivity contribution in [3.63, 3.8) is 0 Å². The van der Waals surface area contributed by atoms with E-state index in [1.54, 1.807) is 0 Å². The van der Waals surface area contributed by atoms with E-state index in [-0.39, 0.29) is 10.0 Å². The number of unbranched alkanes of at least 4 members (excludes halogenated alkanes) is 2. The molecule has 0 radical (unpaired) electrons. The normalized spacial score (nSPS) is 10.6. The van der Waals surface area contributed by atoms with Gasteiger partial charge >= 0.3 is 5.97 Å². The van der Waals surface area contributed by atoms with Gasteiger partial charge in [0, 0.05) is 13.1 Å². The molecule has 1 aromatic heterocycles. The van der Waals surface area contributed by atoms with E-state index in [0.29, 0.717) is 0 Å². The second-order valence-corrected chi connectivity index (χ2v) is 5.45. The van der Waals surface area contributed by atoms with Crippen LogP contribution in [-0.2, 0) is 0 Å². The first-order chi connectivity index (χ1) is 8.60. The van der Waals surface area contributed by atoms with Gasteiger partial charge in [-0.2, -0.15) is 0 Å². The second-order valence-electron chi connectivity index (χ2n) is 4.12. The van der Waals surface area contributed by atoms with Crippen molar-refractivity contribution in [3.05, 3.63) is 10.0 Å². The predicted molar refractivity (Wildman–Crippen MR) is 76.1 cm³/mol. The molecule has 0 aliphatic rings. The number of thiazole rings is 1. The highest BCUT2D eigenvalue weighted by Crippen LogP contribution is 2.30. The zero-order valence-corrected chi connectivity index (χ0v) is 12.4. The van der Waals surface area contributed by atoms with E-state index in [4.69, 9.17) is 16.7 Å². The molecule has 6 heteroatoms. The first-order valence-corrected chi connectivity index (χ1v) is 7.44. The molecule has 0 spiro atoms. The molecule has 0 unspecified atom stereocenters. The fraction of sp³-hybridized carbons (Fsp3) is 0.667. The van der Waals surface area contributed by atoms with Crippen LogP contribution >= 0.6 is 22.9 Å². The van der Waals surface area contributed by atoms with Gasteiger partial charge in [0.05, 0.1) is 0 Å². The molecule has 0 aliphatic heterocycles. The van der Waals surface area contributed by atoms with E-state index in [1.165, 1.54) is 0 Å². The Kier molecular flexibility index (Phi) is 6.43. The number of aromatic nitrogens is 1. The summed E-state index contributed by atoms with van der Waals surface area (Å²) in [5.74, 6) is -1.00. The van der Waals surface area contributed by atoms with Crippen LogP contribution in [0.25, 0.3) is 0 Å². The molecule has 0 aliphatic carbocycles. The standard InChI is InChI=1S/C12H19ClN2O2S/c1-3-5-7-15(8-6-4-2)12-14-10(13)9(18-12)11(16)17/h3-8H2,1-2H3,(H,16,17). The van der Waals surface area contributed by atoms with Gasteiger partial charge in [-0.25, -0.2) is 9.78 Å². The summed E-state index contributed by atoms with van der Waals surface area (Å²) in [5, 5.41) is 9.80. The lowest BCUT2D eigenvalue weighted by Gasteiger charge is -2.21. The summed E-state index contributed by atoms with van der Waals surface area (Å²) in [6, 6.07) is 0. The summed E-state index contributed by atoms with van der Waals surface area (Å²) in [6.07, 6.45) is 4.35. The molecular weight excluding hydrogens is 272 g/mol. The van der Waals surface area contributed by atoms with Gasteiger partial charge in [0.25, 0.3) is 0 Å². The molecule has 0 bridgehead atoms. The molecule has 0 fully saturated rings. The van der Waals surface area contributed by atoms with Crippen molar-refractivity contribution in [2.75, 3.05) is 18.0 Å². The lowest BCUT2D eigenvalue weighted by molar-refractivity contribution is 0.0702. The quantitative estimate of drug-likeness (QED) is 0.789. The molecule has 0 amide bonds. The van der Waals surface area contributed by atoms with Crippen molar-refractivity contribution in [2.45, 2.75) is 39.5 Å². The average Bonchev–Trinajstić information content (AvgIpc) is 2.71. The Balaban J connectivity index is 2.83. The van der Waals surface area contributed by atoms with Crippen LogP contribution in [0.2, 0.25) is 5.15 Å². The van der Waals surface area contributed by atoms with E-state index >= 15 is 0 Å². The maximum absolute atomic E-state index is 11.0. The van der Waals surface area contributed by atoms with Crippen LogP contribution in [0.1, 0.15) is 49.2 Å². The first kappa shape index (κ1) is 15.2. The molecule has 1 N–H and O–H groups in total. The Morgan fingerprint density at radius 3 is 2.28 bits per heavy atom.